The van der Waals surface area contributed by atoms with E-state index >= 15 is 0 Å². The minimum Gasteiger partial charge on any atom is -0.489 e. The number of hydrogen-bond donors (Lipinski definition) is 1. The van der Waals surface area contributed by atoms with Gasteiger partial charge in [0, 0.05) is 15.6 Å². The maximum atomic E-state index is 11.6. The lowest BCUT2D eigenvalue weighted by Gasteiger charge is -2.10. The van der Waals surface area contributed by atoms with Crippen LogP contribution in [0.1, 0.15) is 16.7 Å². The summed E-state index contributed by atoms with van der Waals surface area (Å²) in [5.74, 6) is -0.395. The predicted octanol–water partition coefficient (Wildman–Crippen LogP) is 6.20. The van der Waals surface area contributed by atoms with E-state index in [-0.39, 0.29) is 12.2 Å². The number of halogens is 2. The van der Waals surface area contributed by atoms with E-state index in [9.17, 15) is 9.90 Å². The van der Waals surface area contributed by atoms with Gasteiger partial charge < -0.3 is 9.84 Å². The second-order valence-corrected chi connectivity index (χ2v) is 6.60. The smallest absolute Gasteiger partial charge is 0.336 e. The Labute approximate surface area is 167 Å². The number of benzene rings is 3. The average Bonchev–Trinajstić information content (AvgIpc) is 2.66. The van der Waals surface area contributed by atoms with Gasteiger partial charge in [-0.05, 0) is 41.5 Å². The fourth-order valence-corrected chi connectivity index (χ4v) is 3.08. The van der Waals surface area contributed by atoms with Gasteiger partial charge in [0.25, 0.3) is 0 Å². The summed E-state index contributed by atoms with van der Waals surface area (Å²) in [6.45, 7) is 0.218. The number of carboxylic acids is 1. The summed E-state index contributed by atoms with van der Waals surface area (Å²) in [7, 11) is 0. The highest BCUT2D eigenvalue weighted by Crippen LogP contribution is 2.27. The van der Waals surface area contributed by atoms with Crippen LogP contribution in [0.4, 0.5) is 0 Å². The third kappa shape index (κ3) is 4.91. The third-order valence-electron chi connectivity index (χ3n) is 3.93. The molecule has 0 atom stereocenters. The second kappa shape index (κ2) is 8.76. The Morgan fingerprint density at radius 3 is 2.26 bits per heavy atom. The zero-order valence-corrected chi connectivity index (χ0v) is 15.7. The third-order valence-corrected chi connectivity index (χ3v) is 4.64. The highest BCUT2D eigenvalue weighted by Gasteiger charge is 2.11. The Hall–Kier alpha value is -2.75. The Kier molecular flexibility index (Phi) is 6.17. The zero-order valence-electron chi connectivity index (χ0n) is 14.2. The molecule has 0 aliphatic carbocycles. The van der Waals surface area contributed by atoms with E-state index < -0.39 is 5.97 Å². The molecule has 0 radical (unpaired) electrons. The van der Waals surface area contributed by atoms with E-state index in [4.69, 9.17) is 27.9 Å². The molecule has 0 saturated heterocycles. The molecule has 0 unspecified atom stereocenters. The van der Waals surface area contributed by atoms with E-state index in [0.717, 1.165) is 5.56 Å². The molecule has 27 heavy (non-hydrogen) atoms. The molecule has 0 spiro atoms. The zero-order chi connectivity index (χ0) is 19.2. The number of carbonyl (C=O) groups is 1. The molecular formula is C22H16Cl2O3. The topological polar surface area (TPSA) is 46.5 Å². The first-order chi connectivity index (χ1) is 13.0. The molecule has 136 valence electrons. The van der Waals surface area contributed by atoms with Gasteiger partial charge in [-0.25, -0.2) is 4.79 Å². The summed E-state index contributed by atoms with van der Waals surface area (Å²) in [4.78, 5) is 11.6. The molecular weight excluding hydrogens is 383 g/mol. The van der Waals surface area contributed by atoms with E-state index in [2.05, 4.69) is 0 Å². The molecule has 1 N–H and O–H groups in total. The summed E-state index contributed by atoms with van der Waals surface area (Å²) >= 11 is 12.3. The molecule has 5 heteroatoms. The van der Waals surface area contributed by atoms with Crippen LogP contribution in [0.25, 0.3) is 11.6 Å². The quantitative estimate of drug-likeness (QED) is 0.397. The van der Waals surface area contributed by atoms with Crippen molar-refractivity contribution in [2.24, 2.45) is 0 Å². The van der Waals surface area contributed by atoms with Crippen LogP contribution in [-0.2, 0) is 11.4 Å². The average molecular weight is 399 g/mol. The number of ether oxygens (including phenoxy) is 1. The fourth-order valence-electron chi connectivity index (χ4n) is 2.57. The molecule has 0 aliphatic rings. The van der Waals surface area contributed by atoms with Gasteiger partial charge in [-0.2, -0.15) is 0 Å². The van der Waals surface area contributed by atoms with Gasteiger partial charge in [-0.15, -0.1) is 0 Å². The summed E-state index contributed by atoms with van der Waals surface area (Å²) in [5, 5.41) is 10.6. The maximum Gasteiger partial charge on any atom is 0.336 e. The van der Waals surface area contributed by atoms with Gasteiger partial charge in [0.1, 0.15) is 12.4 Å². The van der Waals surface area contributed by atoms with Crippen molar-refractivity contribution in [1.29, 1.82) is 0 Å². The van der Waals surface area contributed by atoms with Gasteiger partial charge in [0.05, 0.1) is 5.57 Å². The standard InChI is InChI=1S/C22H16Cl2O3/c23-20-10-5-11-21(24)19(20)14-27-17-9-4-6-15(12-17)13-18(22(25)26)16-7-2-1-3-8-16/h1-13H,14H2,(H,25,26)/b18-13-. The van der Waals surface area contributed by atoms with Crippen molar-refractivity contribution in [3.05, 3.63) is 99.5 Å². The molecule has 3 aromatic carbocycles. The van der Waals surface area contributed by atoms with E-state index in [1.165, 1.54) is 0 Å². The Balaban J connectivity index is 1.84. The first-order valence-corrected chi connectivity index (χ1v) is 8.96. The van der Waals surface area contributed by atoms with Gasteiger partial charge in [-0.3, -0.25) is 0 Å². The predicted molar refractivity (Wildman–Crippen MR) is 109 cm³/mol. The first-order valence-electron chi connectivity index (χ1n) is 8.21. The van der Waals surface area contributed by atoms with E-state index in [1.54, 1.807) is 66.7 Å². The van der Waals surface area contributed by atoms with Crippen molar-refractivity contribution >= 4 is 40.8 Å². The van der Waals surface area contributed by atoms with Gasteiger partial charge in [0.2, 0.25) is 0 Å². The summed E-state index contributed by atoms with van der Waals surface area (Å²) in [6.07, 6.45) is 1.62. The highest BCUT2D eigenvalue weighted by atomic mass is 35.5. The number of hydrogen-bond acceptors (Lipinski definition) is 2. The number of carboxylic acid groups (broad SMARTS) is 1. The lowest BCUT2D eigenvalue weighted by molar-refractivity contribution is -0.130. The van der Waals surface area contributed by atoms with Crippen molar-refractivity contribution in [1.82, 2.24) is 0 Å². The number of rotatable bonds is 6. The van der Waals surface area contributed by atoms with Gasteiger partial charge in [-0.1, -0.05) is 71.7 Å². The minimum atomic E-state index is -0.990. The highest BCUT2D eigenvalue weighted by molar-refractivity contribution is 6.35. The Morgan fingerprint density at radius 1 is 0.926 bits per heavy atom. The SMILES string of the molecule is O=C(O)/C(=C\c1cccc(OCc2c(Cl)cccc2Cl)c1)c1ccccc1. The lowest BCUT2D eigenvalue weighted by atomic mass is 10.0. The minimum absolute atomic E-state index is 0.210. The lowest BCUT2D eigenvalue weighted by Crippen LogP contribution is -2.00. The molecule has 3 nitrogen and oxygen atoms in total. The van der Waals surface area contributed by atoms with Crippen molar-refractivity contribution in [2.45, 2.75) is 6.61 Å². The molecule has 0 heterocycles. The largest absolute Gasteiger partial charge is 0.489 e. The van der Waals surface area contributed by atoms with Crippen molar-refractivity contribution in [3.63, 3.8) is 0 Å². The van der Waals surface area contributed by atoms with E-state index in [0.29, 0.717) is 26.9 Å². The first kappa shape index (κ1) is 19.0. The number of aliphatic carboxylic acids is 1. The summed E-state index contributed by atoms with van der Waals surface area (Å²) < 4.78 is 5.80. The van der Waals surface area contributed by atoms with Crippen LogP contribution in [0.3, 0.4) is 0 Å². The molecule has 0 fully saturated rings. The van der Waals surface area contributed by atoms with Crippen molar-refractivity contribution in [3.8, 4) is 5.75 Å². The van der Waals surface area contributed by atoms with Crippen LogP contribution in [0.15, 0.2) is 72.8 Å². The molecule has 0 amide bonds. The summed E-state index contributed by atoms with van der Waals surface area (Å²) in [5.41, 5.74) is 2.28. The summed E-state index contributed by atoms with van der Waals surface area (Å²) in [6, 6.07) is 21.5. The normalized spacial score (nSPS) is 11.3. The van der Waals surface area contributed by atoms with Crippen LogP contribution in [0, 0.1) is 0 Å². The van der Waals surface area contributed by atoms with Crippen LogP contribution < -0.4 is 4.74 Å². The van der Waals surface area contributed by atoms with Crippen LogP contribution >= 0.6 is 23.2 Å². The van der Waals surface area contributed by atoms with Gasteiger partial charge in [0.15, 0.2) is 0 Å². The molecule has 3 rings (SSSR count). The molecule has 3 aromatic rings. The Morgan fingerprint density at radius 2 is 1.59 bits per heavy atom. The molecule has 0 aliphatic heterocycles. The molecule has 0 saturated carbocycles. The van der Waals surface area contributed by atoms with Crippen molar-refractivity contribution < 1.29 is 14.6 Å². The van der Waals surface area contributed by atoms with Crippen LogP contribution in [-0.4, -0.2) is 11.1 Å². The fraction of sp³-hybridized carbons (Fsp3) is 0.0455. The maximum absolute atomic E-state index is 11.6. The van der Waals surface area contributed by atoms with E-state index in [1.807, 2.05) is 12.1 Å². The molecule has 0 aromatic heterocycles. The molecule has 0 bridgehead atoms. The Bertz CT molecular complexity index is 962. The second-order valence-electron chi connectivity index (χ2n) is 5.79. The van der Waals surface area contributed by atoms with Gasteiger partial charge >= 0.3 is 5.97 Å². The van der Waals surface area contributed by atoms with Crippen LogP contribution in [0.5, 0.6) is 5.75 Å². The van der Waals surface area contributed by atoms with Crippen LogP contribution in [0.2, 0.25) is 10.0 Å². The van der Waals surface area contributed by atoms with Crippen molar-refractivity contribution in [2.75, 3.05) is 0 Å². The monoisotopic (exact) mass is 398 g/mol.